The third-order valence-electron chi connectivity index (χ3n) is 4.84. The van der Waals surface area contributed by atoms with Crippen molar-refractivity contribution in [1.82, 2.24) is 10.2 Å². The zero-order chi connectivity index (χ0) is 12.7. The molecular formula is C13H20N2O3. The van der Waals surface area contributed by atoms with Gasteiger partial charge in [0.25, 0.3) is 0 Å². The summed E-state index contributed by atoms with van der Waals surface area (Å²) in [6.07, 6.45) is 4.01. The van der Waals surface area contributed by atoms with Crippen molar-refractivity contribution in [3.8, 4) is 0 Å². The minimum Gasteiger partial charge on any atom is -0.480 e. The van der Waals surface area contributed by atoms with Crippen molar-refractivity contribution in [3.05, 3.63) is 0 Å². The molecular weight excluding hydrogens is 232 g/mol. The number of rotatable bonds is 2. The second-order valence-electron chi connectivity index (χ2n) is 5.82. The molecule has 0 spiro atoms. The van der Waals surface area contributed by atoms with Crippen molar-refractivity contribution in [2.75, 3.05) is 19.6 Å². The number of carbonyl (C=O) groups is 2. The van der Waals surface area contributed by atoms with Crippen LogP contribution in [0.15, 0.2) is 0 Å². The lowest BCUT2D eigenvalue weighted by Gasteiger charge is -2.26. The van der Waals surface area contributed by atoms with Gasteiger partial charge in [0.1, 0.15) is 6.04 Å². The van der Waals surface area contributed by atoms with E-state index in [4.69, 9.17) is 0 Å². The van der Waals surface area contributed by atoms with E-state index in [1.54, 1.807) is 4.90 Å². The Bertz CT molecular complexity index is 365. The third kappa shape index (κ3) is 1.81. The average Bonchev–Trinajstić information content (AvgIpc) is 3.03. The molecule has 2 heterocycles. The Kier molecular flexibility index (Phi) is 3.01. The molecule has 18 heavy (non-hydrogen) atoms. The quantitative estimate of drug-likeness (QED) is 0.742. The molecule has 2 aliphatic heterocycles. The Morgan fingerprint density at radius 3 is 2.72 bits per heavy atom. The molecule has 4 atom stereocenters. The van der Waals surface area contributed by atoms with Crippen LogP contribution in [-0.4, -0.2) is 47.6 Å². The molecule has 0 radical (unpaired) electrons. The first-order valence-electron chi connectivity index (χ1n) is 6.92. The molecule has 3 aliphatic rings. The van der Waals surface area contributed by atoms with Gasteiger partial charge in [-0.1, -0.05) is 6.42 Å². The van der Waals surface area contributed by atoms with Crippen molar-refractivity contribution in [2.45, 2.75) is 31.7 Å². The maximum absolute atomic E-state index is 12.4. The fourth-order valence-corrected chi connectivity index (χ4v) is 3.95. The zero-order valence-electron chi connectivity index (χ0n) is 10.5. The van der Waals surface area contributed by atoms with E-state index in [9.17, 15) is 14.7 Å². The van der Waals surface area contributed by atoms with Gasteiger partial charge in [-0.25, -0.2) is 4.79 Å². The molecule has 0 aromatic rings. The second kappa shape index (κ2) is 4.53. The average molecular weight is 252 g/mol. The number of likely N-dealkylation sites (tertiary alicyclic amines) is 1. The van der Waals surface area contributed by atoms with Crippen molar-refractivity contribution in [2.24, 2.45) is 17.8 Å². The van der Waals surface area contributed by atoms with Crippen LogP contribution in [0.25, 0.3) is 0 Å². The highest BCUT2D eigenvalue weighted by Crippen LogP contribution is 2.42. The highest BCUT2D eigenvalue weighted by molar-refractivity contribution is 5.86. The summed E-state index contributed by atoms with van der Waals surface area (Å²) in [5.41, 5.74) is 0. The summed E-state index contributed by atoms with van der Waals surface area (Å²) < 4.78 is 0. The van der Waals surface area contributed by atoms with Crippen LogP contribution in [0.3, 0.4) is 0 Å². The minimum atomic E-state index is -0.816. The Morgan fingerprint density at radius 1 is 1.22 bits per heavy atom. The molecule has 0 bridgehead atoms. The summed E-state index contributed by atoms with van der Waals surface area (Å²) in [5, 5.41) is 12.6. The highest BCUT2D eigenvalue weighted by Gasteiger charge is 2.50. The first-order valence-corrected chi connectivity index (χ1v) is 6.92. The van der Waals surface area contributed by atoms with Crippen molar-refractivity contribution in [3.63, 3.8) is 0 Å². The van der Waals surface area contributed by atoms with Crippen LogP contribution in [0.1, 0.15) is 25.7 Å². The lowest BCUT2D eigenvalue weighted by Crippen LogP contribution is -2.46. The Labute approximate surface area is 107 Å². The van der Waals surface area contributed by atoms with Gasteiger partial charge >= 0.3 is 5.97 Å². The van der Waals surface area contributed by atoms with Gasteiger partial charge in [0.2, 0.25) is 5.91 Å². The van der Waals surface area contributed by atoms with E-state index in [-0.39, 0.29) is 17.7 Å². The van der Waals surface area contributed by atoms with Gasteiger partial charge in [-0.2, -0.15) is 0 Å². The lowest BCUT2D eigenvalue weighted by molar-refractivity contribution is -0.151. The molecule has 0 aromatic heterocycles. The molecule has 4 unspecified atom stereocenters. The van der Waals surface area contributed by atoms with Crippen LogP contribution in [0.5, 0.6) is 0 Å². The van der Waals surface area contributed by atoms with Gasteiger partial charge in [0.05, 0.1) is 5.92 Å². The summed E-state index contributed by atoms with van der Waals surface area (Å²) in [5.74, 6) is -0.151. The molecule has 1 saturated carbocycles. The monoisotopic (exact) mass is 252 g/mol. The number of carboxylic acid groups (broad SMARTS) is 1. The predicted octanol–water partition coefficient (Wildman–Crippen LogP) is 0.308. The maximum Gasteiger partial charge on any atom is 0.326 e. The summed E-state index contributed by atoms with van der Waals surface area (Å²) in [7, 11) is 0. The van der Waals surface area contributed by atoms with Crippen LogP contribution in [0.2, 0.25) is 0 Å². The van der Waals surface area contributed by atoms with E-state index >= 15 is 0 Å². The normalized spacial score (nSPS) is 39.0. The molecule has 3 fully saturated rings. The number of carbonyl (C=O) groups excluding carboxylic acids is 1. The fourth-order valence-electron chi connectivity index (χ4n) is 3.95. The van der Waals surface area contributed by atoms with Crippen molar-refractivity contribution < 1.29 is 14.7 Å². The van der Waals surface area contributed by atoms with Gasteiger partial charge in [0.15, 0.2) is 0 Å². The van der Waals surface area contributed by atoms with Gasteiger partial charge in [-0.3, -0.25) is 4.79 Å². The van der Waals surface area contributed by atoms with Crippen molar-refractivity contribution in [1.29, 1.82) is 0 Å². The minimum absolute atomic E-state index is 0.00863. The maximum atomic E-state index is 12.4. The molecule has 1 aliphatic carbocycles. The van der Waals surface area contributed by atoms with Gasteiger partial charge in [-0.05, 0) is 37.6 Å². The zero-order valence-corrected chi connectivity index (χ0v) is 10.5. The lowest BCUT2D eigenvalue weighted by atomic mass is 9.94. The Balaban J connectivity index is 1.78. The molecule has 2 N–H and O–H groups in total. The van der Waals surface area contributed by atoms with E-state index < -0.39 is 12.0 Å². The molecule has 5 nitrogen and oxygen atoms in total. The topological polar surface area (TPSA) is 69.6 Å². The van der Waals surface area contributed by atoms with Crippen molar-refractivity contribution >= 4 is 11.9 Å². The van der Waals surface area contributed by atoms with E-state index in [1.165, 1.54) is 0 Å². The predicted molar refractivity (Wildman–Crippen MR) is 64.9 cm³/mol. The summed E-state index contributed by atoms with van der Waals surface area (Å²) in [4.78, 5) is 25.5. The van der Waals surface area contributed by atoms with Gasteiger partial charge < -0.3 is 15.3 Å². The first kappa shape index (κ1) is 12.0. The SMILES string of the molecule is O=C(O)C1C2CCCC2CN1C(=O)C1CCNC1. The number of hydrogen-bond acceptors (Lipinski definition) is 3. The Hall–Kier alpha value is -1.10. The van der Waals surface area contributed by atoms with Crippen LogP contribution >= 0.6 is 0 Å². The first-order chi connectivity index (χ1) is 8.68. The van der Waals surface area contributed by atoms with Crippen LogP contribution in [0.4, 0.5) is 0 Å². The molecule has 5 heteroatoms. The number of amides is 1. The molecule has 0 aromatic carbocycles. The van der Waals surface area contributed by atoms with E-state index in [0.717, 1.165) is 32.2 Å². The van der Waals surface area contributed by atoms with E-state index in [0.29, 0.717) is 19.0 Å². The highest BCUT2D eigenvalue weighted by atomic mass is 16.4. The van der Waals surface area contributed by atoms with Crippen LogP contribution in [-0.2, 0) is 9.59 Å². The number of hydrogen-bond donors (Lipinski definition) is 2. The third-order valence-corrected chi connectivity index (χ3v) is 4.84. The number of carboxylic acids is 1. The standard InChI is InChI=1S/C13H20N2O3/c16-12(8-4-5-14-6-8)15-7-9-2-1-3-10(9)11(15)13(17)18/h8-11,14H,1-7H2,(H,17,18). The molecule has 1 amide bonds. The van der Waals surface area contributed by atoms with E-state index in [1.807, 2.05) is 0 Å². The Morgan fingerprint density at radius 2 is 2.06 bits per heavy atom. The van der Waals surface area contributed by atoms with Gasteiger partial charge in [0, 0.05) is 13.1 Å². The van der Waals surface area contributed by atoms with Crippen LogP contribution in [0, 0.1) is 17.8 Å². The van der Waals surface area contributed by atoms with Gasteiger partial charge in [-0.15, -0.1) is 0 Å². The number of aliphatic carboxylic acids is 1. The van der Waals surface area contributed by atoms with E-state index in [2.05, 4.69) is 5.32 Å². The largest absolute Gasteiger partial charge is 0.480 e. The number of nitrogens with one attached hydrogen (secondary N) is 1. The smallest absolute Gasteiger partial charge is 0.326 e. The molecule has 100 valence electrons. The summed E-state index contributed by atoms with van der Waals surface area (Å²) in [6.45, 7) is 2.24. The molecule has 2 saturated heterocycles. The summed E-state index contributed by atoms with van der Waals surface area (Å²) >= 11 is 0. The number of fused-ring (bicyclic) bond motifs is 1. The van der Waals surface area contributed by atoms with Crippen LogP contribution < -0.4 is 5.32 Å². The second-order valence-corrected chi connectivity index (χ2v) is 5.82. The fraction of sp³-hybridized carbons (Fsp3) is 0.846. The number of nitrogens with zero attached hydrogens (tertiary/aromatic N) is 1. The summed E-state index contributed by atoms with van der Waals surface area (Å²) in [6, 6.07) is -0.564. The molecule has 3 rings (SSSR count).